The number of anilines is 1. The fraction of sp³-hybridized carbons (Fsp3) is 0.200. The third-order valence-corrected chi connectivity index (χ3v) is 4.44. The van der Waals surface area contributed by atoms with Crippen LogP contribution in [0.5, 0.6) is 0 Å². The predicted octanol–water partition coefficient (Wildman–Crippen LogP) is 2.94. The molecule has 0 spiro atoms. The van der Waals surface area contributed by atoms with Gasteiger partial charge in [-0.1, -0.05) is 0 Å². The highest BCUT2D eigenvalue weighted by Gasteiger charge is 2.15. The maximum Gasteiger partial charge on any atom is 0.128 e. The Bertz CT molecular complexity index is 546. The number of nitrogen functional groups attached to an aromatic ring is 1. The molecule has 0 radical (unpaired) electrons. The standard InChI is InChI=1S/C10H9N3S2/c1-5-9(12)7(3-11)15-10(5)8-4-13-6(2)14-8/h4H,12H2,1-2H3. The van der Waals surface area contributed by atoms with Gasteiger partial charge in [0, 0.05) is 6.20 Å². The minimum atomic E-state index is 0.591. The molecule has 2 aromatic rings. The Morgan fingerprint density at radius 2 is 2.13 bits per heavy atom. The SMILES string of the molecule is Cc1ncc(-c2sc(C#N)c(N)c2C)s1. The molecule has 2 rings (SSSR count). The summed E-state index contributed by atoms with van der Waals surface area (Å²) in [4.78, 5) is 6.94. The van der Waals surface area contributed by atoms with E-state index in [-0.39, 0.29) is 0 Å². The van der Waals surface area contributed by atoms with Gasteiger partial charge < -0.3 is 5.73 Å². The Hall–Kier alpha value is -1.38. The van der Waals surface area contributed by atoms with Gasteiger partial charge in [-0.25, -0.2) is 4.98 Å². The topological polar surface area (TPSA) is 62.7 Å². The molecule has 0 amide bonds. The summed E-state index contributed by atoms with van der Waals surface area (Å²) in [6.45, 7) is 3.91. The van der Waals surface area contributed by atoms with Crippen molar-refractivity contribution in [2.75, 3.05) is 5.73 Å². The summed E-state index contributed by atoms with van der Waals surface area (Å²) in [5.41, 5.74) is 7.42. The highest BCUT2D eigenvalue weighted by molar-refractivity contribution is 7.22. The summed E-state index contributed by atoms with van der Waals surface area (Å²) < 4.78 is 0. The fourth-order valence-corrected chi connectivity index (χ4v) is 3.26. The molecule has 2 heterocycles. The van der Waals surface area contributed by atoms with E-state index in [9.17, 15) is 0 Å². The smallest absolute Gasteiger partial charge is 0.128 e. The van der Waals surface area contributed by atoms with Crippen LogP contribution in [0.2, 0.25) is 0 Å². The normalized spacial score (nSPS) is 10.2. The first-order valence-electron chi connectivity index (χ1n) is 4.35. The number of aromatic nitrogens is 1. The minimum Gasteiger partial charge on any atom is -0.397 e. The second kappa shape index (κ2) is 3.65. The average Bonchev–Trinajstić information content (AvgIpc) is 2.74. The second-order valence-corrected chi connectivity index (χ2v) is 5.41. The van der Waals surface area contributed by atoms with Crippen LogP contribution < -0.4 is 5.73 Å². The van der Waals surface area contributed by atoms with Crippen molar-refractivity contribution >= 4 is 28.4 Å². The second-order valence-electron chi connectivity index (χ2n) is 3.15. The van der Waals surface area contributed by atoms with Gasteiger partial charge in [-0.15, -0.1) is 22.7 Å². The molecule has 5 heteroatoms. The van der Waals surface area contributed by atoms with Crippen molar-refractivity contribution in [2.24, 2.45) is 0 Å². The lowest BCUT2D eigenvalue weighted by Gasteiger charge is -1.93. The number of rotatable bonds is 1. The van der Waals surface area contributed by atoms with Crippen LogP contribution in [0.3, 0.4) is 0 Å². The van der Waals surface area contributed by atoms with Crippen LogP contribution >= 0.6 is 22.7 Å². The molecule has 0 atom stereocenters. The van der Waals surface area contributed by atoms with E-state index in [1.807, 2.05) is 20.0 Å². The van der Waals surface area contributed by atoms with E-state index in [0.29, 0.717) is 10.6 Å². The molecule has 0 unspecified atom stereocenters. The molecule has 0 aromatic carbocycles. The van der Waals surface area contributed by atoms with Crippen LogP contribution in [-0.2, 0) is 0 Å². The van der Waals surface area contributed by atoms with Gasteiger partial charge in [0.2, 0.25) is 0 Å². The molecule has 3 nitrogen and oxygen atoms in total. The zero-order valence-electron chi connectivity index (χ0n) is 8.37. The molecule has 15 heavy (non-hydrogen) atoms. The molecule has 76 valence electrons. The van der Waals surface area contributed by atoms with Crippen molar-refractivity contribution in [1.29, 1.82) is 5.26 Å². The number of hydrogen-bond donors (Lipinski definition) is 1. The molecular weight excluding hydrogens is 226 g/mol. The third kappa shape index (κ3) is 1.62. The van der Waals surface area contributed by atoms with E-state index in [1.165, 1.54) is 11.3 Å². The molecule has 0 aliphatic carbocycles. The number of nitrogens with two attached hydrogens (primary N) is 1. The summed E-state index contributed by atoms with van der Waals surface area (Å²) in [7, 11) is 0. The number of thiophene rings is 1. The van der Waals surface area contributed by atoms with E-state index in [0.717, 1.165) is 20.3 Å². The number of thiazole rings is 1. The fourth-order valence-electron chi connectivity index (χ4n) is 1.31. The van der Waals surface area contributed by atoms with Gasteiger partial charge in [-0.2, -0.15) is 5.26 Å². The van der Waals surface area contributed by atoms with Crippen molar-refractivity contribution in [3.8, 4) is 15.8 Å². The molecule has 2 N–H and O–H groups in total. The van der Waals surface area contributed by atoms with Crippen LogP contribution in [0, 0.1) is 25.2 Å². The number of hydrogen-bond acceptors (Lipinski definition) is 5. The summed E-state index contributed by atoms with van der Waals surface area (Å²) >= 11 is 3.06. The summed E-state index contributed by atoms with van der Waals surface area (Å²) in [6, 6.07) is 2.11. The largest absolute Gasteiger partial charge is 0.397 e. The zero-order chi connectivity index (χ0) is 11.0. The Morgan fingerprint density at radius 1 is 1.40 bits per heavy atom. The monoisotopic (exact) mass is 235 g/mol. The van der Waals surface area contributed by atoms with Gasteiger partial charge >= 0.3 is 0 Å². The highest BCUT2D eigenvalue weighted by Crippen LogP contribution is 2.39. The zero-order valence-corrected chi connectivity index (χ0v) is 10.00. The first kappa shape index (κ1) is 10.1. The molecule has 0 fully saturated rings. The van der Waals surface area contributed by atoms with E-state index in [1.54, 1.807) is 11.3 Å². The van der Waals surface area contributed by atoms with Crippen LogP contribution in [0.1, 0.15) is 15.4 Å². The van der Waals surface area contributed by atoms with Gasteiger partial charge in [-0.3, -0.25) is 0 Å². The maximum atomic E-state index is 8.88. The first-order chi connectivity index (χ1) is 7.13. The predicted molar refractivity (Wildman–Crippen MR) is 64.0 cm³/mol. The van der Waals surface area contributed by atoms with Crippen LogP contribution in [0.25, 0.3) is 9.75 Å². The Kier molecular flexibility index (Phi) is 2.47. The van der Waals surface area contributed by atoms with Gasteiger partial charge in [-0.05, 0) is 19.4 Å². The molecular formula is C10H9N3S2. The van der Waals surface area contributed by atoms with Crippen molar-refractivity contribution in [3.05, 3.63) is 21.6 Å². The van der Waals surface area contributed by atoms with Gasteiger partial charge in [0.05, 0.1) is 20.4 Å². The quantitative estimate of drug-likeness (QED) is 0.826. The first-order valence-corrected chi connectivity index (χ1v) is 5.98. The molecule has 0 aliphatic heterocycles. The van der Waals surface area contributed by atoms with Crippen LogP contribution in [-0.4, -0.2) is 4.98 Å². The third-order valence-electron chi connectivity index (χ3n) is 2.14. The maximum absolute atomic E-state index is 8.88. The molecule has 2 aromatic heterocycles. The van der Waals surface area contributed by atoms with E-state index in [2.05, 4.69) is 11.1 Å². The van der Waals surface area contributed by atoms with Crippen LogP contribution in [0.15, 0.2) is 6.20 Å². The van der Waals surface area contributed by atoms with Gasteiger partial charge in [0.1, 0.15) is 10.9 Å². The van der Waals surface area contributed by atoms with E-state index >= 15 is 0 Å². The van der Waals surface area contributed by atoms with Gasteiger partial charge in [0.15, 0.2) is 0 Å². The average molecular weight is 235 g/mol. The number of aryl methyl sites for hydroxylation is 1. The lowest BCUT2D eigenvalue weighted by Crippen LogP contribution is -1.86. The molecule has 0 saturated carbocycles. The van der Waals surface area contributed by atoms with E-state index in [4.69, 9.17) is 11.0 Å². The number of nitrogens with zero attached hydrogens (tertiary/aromatic N) is 2. The van der Waals surface area contributed by atoms with Crippen molar-refractivity contribution in [1.82, 2.24) is 4.98 Å². The lowest BCUT2D eigenvalue weighted by molar-refractivity contribution is 1.30. The number of nitriles is 1. The molecule has 0 bridgehead atoms. The molecule has 0 saturated heterocycles. The van der Waals surface area contributed by atoms with Crippen molar-refractivity contribution in [3.63, 3.8) is 0 Å². The lowest BCUT2D eigenvalue weighted by atomic mass is 10.2. The Labute approximate surface area is 95.8 Å². The van der Waals surface area contributed by atoms with Gasteiger partial charge in [0.25, 0.3) is 0 Å². The molecule has 0 aliphatic rings. The summed E-state index contributed by atoms with van der Waals surface area (Å²) in [5.74, 6) is 0. The summed E-state index contributed by atoms with van der Waals surface area (Å²) in [5, 5.41) is 9.90. The summed E-state index contributed by atoms with van der Waals surface area (Å²) in [6.07, 6.45) is 1.83. The van der Waals surface area contributed by atoms with E-state index < -0.39 is 0 Å². The van der Waals surface area contributed by atoms with Crippen molar-refractivity contribution in [2.45, 2.75) is 13.8 Å². The highest BCUT2D eigenvalue weighted by atomic mass is 32.1. The van der Waals surface area contributed by atoms with Crippen LogP contribution in [0.4, 0.5) is 5.69 Å². The minimum absolute atomic E-state index is 0.591. The van der Waals surface area contributed by atoms with Crippen molar-refractivity contribution < 1.29 is 0 Å². The Morgan fingerprint density at radius 3 is 2.60 bits per heavy atom. The Balaban J connectivity index is 2.60.